The van der Waals surface area contributed by atoms with Crippen LogP contribution < -0.4 is 0 Å². The van der Waals surface area contributed by atoms with Crippen LogP contribution in [0.2, 0.25) is 0 Å². The summed E-state index contributed by atoms with van der Waals surface area (Å²) in [6.07, 6.45) is 2.25. The minimum atomic E-state index is -0.495. The van der Waals surface area contributed by atoms with Crippen molar-refractivity contribution in [2.24, 2.45) is 0 Å². The van der Waals surface area contributed by atoms with Crippen LogP contribution in [0, 0.1) is 10.1 Å². The summed E-state index contributed by atoms with van der Waals surface area (Å²) in [7, 11) is 0. The van der Waals surface area contributed by atoms with Crippen molar-refractivity contribution in [1.82, 2.24) is 0 Å². The maximum atomic E-state index is 10.8. The molecular weight excluding hydrogens is 210 g/mol. The Morgan fingerprint density at radius 3 is 2.31 bits per heavy atom. The smallest absolute Gasteiger partial charge is 0.269 e. The molecule has 0 amide bonds. The van der Waals surface area contributed by atoms with Gasteiger partial charge in [0.25, 0.3) is 5.69 Å². The van der Waals surface area contributed by atoms with Gasteiger partial charge in [-0.2, -0.15) is 0 Å². The lowest BCUT2D eigenvalue weighted by Gasteiger charge is -2.07. The number of hydrogen-bond donors (Lipinski definition) is 0. The highest BCUT2D eigenvalue weighted by Gasteiger charge is 2.11. The van der Waals surface area contributed by atoms with E-state index in [0.717, 1.165) is 12.6 Å². The number of hydrogen-bond acceptors (Lipinski definition) is 4. The van der Waals surface area contributed by atoms with E-state index in [1.165, 1.54) is 12.1 Å². The number of carbonyl (C=O) groups is 2. The zero-order valence-corrected chi connectivity index (χ0v) is 8.54. The molecule has 16 heavy (non-hydrogen) atoms. The number of rotatable bonds is 6. The number of nitrogens with zero attached hydrogens (tertiary/aromatic N) is 1. The van der Waals surface area contributed by atoms with E-state index in [1.807, 2.05) is 0 Å². The van der Waals surface area contributed by atoms with Crippen molar-refractivity contribution in [2.75, 3.05) is 0 Å². The molecule has 0 aliphatic rings. The molecule has 0 spiro atoms. The summed E-state index contributed by atoms with van der Waals surface area (Å²) in [4.78, 5) is 30.9. The SMILES string of the molecule is O=CCCC(C=O)c1ccc([N+](=O)[O-])cc1. The van der Waals surface area contributed by atoms with Gasteiger partial charge in [0, 0.05) is 24.5 Å². The van der Waals surface area contributed by atoms with Gasteiger partial charge in [-0.1, -0.05) is 12.1 Å². The van der Waals surface area contributed by atoms with Gasteiger partial charge in [-0.05, 0) is 12.0 Å². The Kier molecular flexibility index (Phi) is 4.32. The molecule has 0 N–H and O–H groups in total. The summed E-state index contributed by atoms with van der Waals surface area (Å²) in [6.45, 7) is 0. The number of aldehydes is 2. The summed E-state index contributed by atoms with van der Waals surface area (Å²) in [5.74, 6) is -0.369. The third-order valence-corrected chi connectivity index (χ3v) is 2.29. The Labute approximate surface area is 92.2 Å². The van der Waals surface area contributed by atoms with Crippen LogP contribution in [0.1, 0.15) is 24.3 Å². The molecule has 0 aliphatic heterocycles. The number of non-ortho nitro benzene ring substituents is 1. The van der Waals surface area contributed by atoms with Gasteiger partial charge < -0.3 is 9.59 Å². The van der Waals surface area contributed by atoms with E-state index in [-0.39, 0.29) is 11.6 Å². The molecule has 5 heteroatoms. The van der Waals surface area contributed by atoms with Gasteiger partial charge in [0.15, 0.2) is 0 Å². The van der Waals surface area contributed by atoms with E-state index >= 15 is 0 Å². The second-order valence-corrected chi connectivity index (χ2v) is 3.34. The van der Waals surface area contributed by atoms with Crippen LogP contribution in [0.4, 0.5) is 5.69 Å². The number of nitro groups is 1. The molecule has 1 aromatic rings. The molecule has 0 heterocycles. The van der Waals surface area contributed by atoms with Gasteiger partial charge >= 0.3 is 0 Å². The fraction of sp³-hybridized carbons (Fsp3) is 0.273. The first-order valence-corrected chi connectivity index (χ1v) is 4.82. The van der Waals surface area contributed by atoms with Crippen molar-refractivity contribution in [3.05, 3.63) is 39.9 Å². The first-order valence-electron chi connectivity index (χ1n) is 4.82. The summed E-state index contributed by atoms with van der Waals surface area (Å²) >= 11 is 0. The van der Waals surface area contributed by atoms with Crippen molar-refractivity contribution in [3.63, 3.8) is 0 Å². The highest BCUT2D eigenvalue weighted by Crippen LogP contribution is 2.21. The molecule has 1 aromatic carbocycles. The lowest BCUT2D eigenvalue weighted by Crippen LogP contribution is -2.01. The normalized spacial score (nSPS) is 11.8. The predicted molar refractivity (Wildman–Crippen MR) is 57.2 cm³/mol. The molecule has 0 aliphatic carbocycles. The van der Waals surface area contributed by atoms with Crippen molar-refractivity contribution in [2.45, 2.75) is 18.8 Å². The summed E-state index contributed by atoms with van der Waals surface area (Å²) in [5, 5.41) is 10.4. The topological polar surface area (TPSA) is 77.3 Å². The Morgan fingerprint density at radius 2 is 1.88 bits per heavy atom. The van der Waals surface area contributed by atoms with E-state index in [9.17, 15) is 19.7 Å². The van der Waals surface area contributed by atoms with Crippen LogP contribution in [-0.4, -0.2) is 17.5 Å². The molecule has 0 radical (unpaired) electrons. The first kappa shape index (κ1) is 12.0. The van der Waals surface area contributed by atoms with Crippen LogP contribution in [-0.2, 0) is 9.59 Å². The minimum Gasteiger partial charge on any atom is -0.303 e. The van der Waals surface area contributed by atoms with Crippen molar-refractivity contribution >= 4 is 18.3 Å². The second-order valence-electron chi connectivity index (χ2n) is 3.34. The zero-order valence-electron chi connectivity index (χ0n) is 8.54. The molecule has 0 bridgehead atoms. The van der Waals surface area contributed by atoms with Crippen LogP contribution in [0.5, 0.6) is 0 Å². The lowest BCUT2D eigenvalue weighted by atomic mass is 9.96. The van der Waals surface area contributed by atoms with Gasteiger partial charge in [0.05, 0.1) is 4.92 Å². The average Bonchev–Trinajstić information content (AvgIpc) is 2.30. The quantitative estimate of drug-likeness (QED) is 0.417. The summed E-state index contributed by atoms with van der Waals surface area (Å²) in [6, 6.07) is 5.80. The van der Waals surface area contributed by atoms with Crippen LogP contribution in [0.15, 0.2) is 24.3 Å². The van der Waals surface area contributed by atoms with Gasteiger partial charge in [-0.15, -0.1) is 0 Å². The maximum Gasteiger partial charge on any atom is 0.269 e. The monoisotopic (exact) mass is 221 g/mol. The fourth-order valence-electron chi connectivity index (χ4n) is 1.40. The first-order chi connectivity index (χ1) is 7.69. The van der Waals surface area contributed by atoms with Gasteiger partial charge in [0.1, 0.15) is 12.6 Å². The van der Waals surface area contributed by atoms with E-state index in [4.69, 9.17) is 0 Å². The van der Waals surface area contributed by atoms with E-state index < -0.39 is 4.92 Å². The number of benzene rings is 1. The van der Waals surface area contributed by atoms with E-state index in [0.29, 0.717) is 18.4 Å². The molecule has 0 fully saturated rings. The molecule has 0 saturated heterocycles. The van der Waals surface area contributed by atoms with Gasteiger partial charge in [-0.3, -0.25) is 10.1 Å². The van der Waals surface area contributed by atoms with E-state index in [1.54, 1.807) is 12.1 Å². The second kappa shape index (κ2) is 5.75. The highest BCUT2D eigenvalue weighted by molar-refractivity contribution is 5.63. The van der Waals surface area contributed by atoms with Gasteiger partial charge in [-0.25, -0.2) is 0 Å². The Bertz CT molecular complexity index is 385. The lowest BCUT2D eigenvalue weighted by molar-refractivity contribution is -0.384. The van der Waals surface area contributed by atoms with Crippen LogP contribution in [0.3, 0.4) is 0 Å². The molecule has 5 nitrogen and oxygen atoms in total. The van der Waals surface area contributed by atoms with Crippen molar-refractivity contribution in [3.8, 4) is 0 Å². The zero-order chi connectivity index (χ0) is 12.0. The van der Waals surface area contributed by atoms with Crippen molar-refractivity contribution in [1.29, 1.82) is 0 Å². The van der Waals surface area contributed by atoms with Crippen LogP contribution in [0.25, 0.3) is 0 Å². The maximum absolute atomic E-state index is 10.8. The third kappa shape index (κ3) is 2.98. The predicted octanol–water partition coefficient (Wildman–Crippen LogP) is 1.86. The van der Waals surface area contributed by atoms with Crippen molar-refractivity contribution < 1.29 is 14.5 Å². The largest absolute Gasteiger partial charge is 0.303 e. The Hall–Kier alpha value is -2.04. The number of nitro benzene ring substituents is 1. The Balaban J connectivity index is 2.81. The fourth-order valence-corrected chi connectivity index (χ4v) is 1.40. The number of carbonyl (C=O) groups excluding carboxylic acids is 2. The minimum absolute atomic E-state index is 0.0104. The molecule has 1 unspecified atom stereocenters. The molecular formula is C11H11NO4. The highest BCUT2D eigenvalue weighted by atomic mass is 16.6. The molecule has 0 aromatic heterocycles. The van der Waals surface area contributed by atoms with Crippen LogP contribution >= 0.6 is 0 Å². The molecule has 0 saturated carbocycles. The van der Waals surface area contributed by atoms with E-state index in [2.05, 4.69) is 0 Å². The Morgan fingerprint density at radius 1 is 1.25 bits per heavy atom. The standard InChI is InChI=1S/C11H11NO4/c13-7-1-2-10(8-14)9-3-5-11(6-4-9)12(15)16/h3-8,10H,1-2H2. The molecule has 1 atom stereocenters. The summed E-state index contributed by atoms with van der Waals surface area (Å²) in [5.41, 5.74) is 0.686. The average molecular weight is 221 g/mol. The van der Waals surface area contributed by atoms with Gasteiger partial charge in [0.2, 0.25) is 0 Å². The molecule has 1 rings (SSSR count). The molecule has 84 valence electrons. The third-order valence-electron chi connectivity index (χ3n) is 2.29. The summed E-state index contributed by atoms with van der Waals surface area (Å²) < 4.78 is 0.